The van der Waals surface area contributed by atoms with Gasteiger partial charge >= 0.3 is 0 Å². The molecule has 0 aromatic heterocycles. The van der Waals surface area contributed by atoms with E-state index in [-0.39, 0.29) is 0 Å². The predicted octanol–water partition coefficient (Wildman–Crippen LogP) is 10.1. The highest BCUT2D eigenvalue weighted by Crippen LogP contribution is 2.15. The molecular formula is C36H50O2. The minimum Gasteiger partial charge on any atom is -0.494 e. The van der Waals surface area contributed by atoms with Crippen molar-refractivity contribution in [2.75, 3.05) is 13.2 Å². The average molecular weight is 515 g/mol. The van der Waals surface area contributed by atoms with Crippen molar-refractivity contribution in [2.45, 2.75) is 117 Å². The van der Waals surface area contributed by atoms with E-state index in [1.54, 1.807) is 0 Å². The Hall–Kier alpha value is -2.84. The van der Waals surface area contributed by atoms with Crippen LogP contribution >= 0.6 is 0 Å². The van der Waals surface area contributed by atoms with Crippen molar-refractivity contribution in [3.8, 4) is 35.2 Å². The van der Waals surface area contributed by atoms with Gasteiger partial charge in [-0.25, -0.2) is 0 Å². The normalized spacial score (nSPS) is 10.3. The molecule has 2 aromatic rings. The smallest absolute Gasteiger partial charge is 0.119 e. The fourth-order valence-corrected chi connectivity index (χ4v) is 4.33. The van der Waals surface area contributed by atoms with Gasteiger partial charge in [0, 0.05) is 11.1 Å². The Labute approximate surface area is 233 Å². The molecule has 206 valence electrons. The Morgan fingerprint density at radius 3 is 1.11 bits per heavy atom. The van der Waals surface area contributed by atoms with Crippen molar-refractivity contribution in [3.05, 3.63) is 59.7 Å². The first-order chi connectivity index (χ1) is 18.8. The maximum atomic E-state index is 5.90. The van der Waals surface area contributed by atoms with Gasteiger partial charge in [0.2, 0.25) is 0 Å². The van der Waals surface area contributed by atoms with Gasteiger partial charge in [-0.1, -0.05) is 116 Å². The largest absolute Gasteiger partial charge is 0.494 e. The Kier molecular flexibility index (Phi) is 18.3. The van der Waals surface area contributed by atoms with Crippen LogP contribution in [0.25, 0.3) is 0 Å². The summed E-state index contributed by atoms with van der Waals surface area (Å²) in [5.41, 5.74) is 1.89. The van der Waals surface area contributed by atoms with Gasteiger partial charge in [-0.05, 0) is 73.2 Å². The molecule has 0 aliphatic carbocycles. The zero-order valence-electron chi connectivity index (χ0n) is 24.2. The van der Waals surface area contributed by atoms with E-state index in [4.69, 9.17) is 9.47 Å². The van der Waals surface area contributed by atoms with Crippen LogP contribution in [0.2, 0.25) is 0 Å². The highest BCUT2D eigenvalue weighted by atomic mass is 16.5. The summed E-state index contributed by atoms with van der Waals surface area (Å²) in [6.07, 6.45) is 21.2. The van der Waals surface area contributed by atoms with Crippen molar-refractivity contribution in [1.82, 2.24) is 0 Å². The van der Waals surface area contributed by atoms with Gasteiger partial charge in [0.05, 0.1) is 13.2 Å². The molecule has 2 aromatic carbocycles. The Morgan fingerprint density at radius 2 is 0.737 bits per heavy atom. The maximum absolute atomic E-state index is 5.90. The summed E-state index contributed by atoms with van der Waals surface area (Å²) in [6.45, 7) is 6.07. The second-order valence-corrected chi connectivity index (χ2v) is 10.2. The first-order valence-electron chi connectivity index (χ1n) is 15.3. The summed E-state index contributed by atoms with van der Waals surface area (Å²) >= 11 is 0. The molecule has 38 heavy (non-hydrogen) atoms. The lowest BCUT2D eigenvalue weighted by atomic mass is 10.1. The highest BCUT2D eigenvalue weighted by Gasteiger charge is 1.97. The van der Waals surface area contributed by atoms with E-state index in [0.717, 1.165) is 48.7 Å². The third-order valence-electron chi connectivity index (χ3n) is 6.72. The van der Waals surface area contributed by atoms with Gasteiger partial charge in [0.15, 0.2) is 0 Å². The number of ether oxygens (including phenoxy) is 2. The quantitative estimate of drug-likeness (QED) is 0.129. The predicted molar refractivity (Wildman–Crippen MR) is 163 cm³/mol. The Balaban J connectivity index is 1.54. The van der Waals surface area contributed by atoms with Gasteiger partial charge in [0.1, 0.15) is 11.5 Å². The van der Waals surface area contributed by atoms with Crippen LogP contribution in [0, 0.1) is 23.7 Å². The van der Waals surface area contributed by atoms with Crippen molar-refractivity contribution >= 4 is 0 Å². The van der Waals surface area contributed by atoms with E-state index in [2.05, 4.69) is 37.5 Å². The first kappa shape index (κ1) is 31.4. The monoisotopic (exact) mass is 514 g/mol. The topological polar surface area (TPSA) is 18.5 Å². The number of unbranched alkanes of at least 4 members (excludes halogenated alkanes) is 14. The van der Waals surface area contributed by atoms with Gasteiger partial charge in [-0.15, -0.1) is 0 Å². The Morgan fingerprint density at radius 1 is 0.421 bits per heavy atom. The summed E-state index contributed by atoms with van der Waals surface area (Å²) in [5.74, 6) is 13.9. The lowest BCUT2D eigenvalue weighted by molar-refractivity contribution is 0.304. The minimum absolute atomic E-state index is 0.778. The van der Waals surface area contributed by atoms with Crippen LogP contribution in [-0.2, 0) is 0 Å². The van der Waals surface area contributed by atoms with Crippen molar-refractivity contribution < 1.29 is 9.47 Å². The van der Waals surface area contributed by atoms with Crippen molar-refractivity contribution in [2.24, 2.45) is 0 Å². The molecule has 0 aliphatic heterocycles. The van der Waals surface area contributed by atoms with E-state index in [1.807, 2.05) is 48.5 Å². The minimum atomic E-state index is 0.778. The number of hydrogen-bond donors (Lipinski definition) is 0. The third kappa shape index (κ3) is 16.1. The standard InChI is InChI=1S/C36H50O2/c1-3-5-7-9-10-11-12-13-14-15-16-20-32-38-36-29-25-34(26-30-36)22-18-17-21-33-23-27-35(28-24-33)37-31-19-8-6-4-2/h23-30H,3-16,19-20,31-32H2,1-2H3. The molecule has 2 nitrogen and oxygen atoms in total. The van der Waals surface area contributed by atoms with Crippen molar-refractivity contribution in [1.29, 1.82) is 0 Å². The molecule has 0 spiro atoms. The molecule has 2 heteroatoms. The lowest BCUT2D eigenvalue weighted by Gasteiger charge is -2.06. The zero-order chi connectivity index (χ0) is 26.9. The van der Waals surface area contributed by atoms with Crippen molar-refractivity contribution in [3.63, 3.8) is 0 Å². The third-order valence-corrected chi connectivity index (χ3v) is 6.72. The second-order valence-electron chi connectivity index (χ2n) is 10.2. The molecule has 0 fully saturated rings. The van der Waals surface area contributed by atoms with E-state index in [9.17, 15) is 0 Å². The van der Waals surface area contributed by atoms with Crippen LogP contribution in [0.15, 0.2) is 48.5 Å². The van der Waals surface area contributed by atoms with Crippen LogP contribution in [0.3, 0.4) is 0 Å². The van der Waals surface area contributed by atoms with Gasteiger partial charge < -0.3 is 9.47 Å². The van der Waals surface area contributed by atoms with E-state index < -0.39 is 0 Å². The van der Waals surface area contributed by atoms with Crippen LogP contribution in [0.4, 0.5) is 0 Å². The van der Waals surface area contributed by atoms with Crippen LogP contribution in [0.1, 0.15) is 128 Å². The van der Waals surface area contributed by atoms with Crippen LogP contribution < -0.4 is 9.47 Å². The molecule has 0 saturated carbocycles. The lowest BCUT2D eigenvalue weighted by Crippen LogP contribution is -1.97. The molecule has 0 heterocycles. The summed E-state index contributed by atoms with van der Waals surface area (Å²) in [5, 5.41) is 0. The summed E-state index contributed by atoms with van der Waals surface area (Å²) < 4.78 is 11.7. The molecular weight excluding hydrogens is 464 g/mol. The van der Waals surface area contributed by atoms with E-state index in [1.165, 1.54) is 89.9 Å². The summed E-state index contributed by atoms with van der Waals surface area (Å²) in [7, 11) is 0. The average Bonchev–Trinajstić information content (AvgIpc) is 2.95. The SMILES string of the molecule is CCCCCCCCCCCCCCOc1ccc(C#CC#Cc2ccc(OCCCCCC)cc2)cc1. The highest BCUT2D eigenvalue weighted by molar-refractivity contribution is 5.46. The molecule has 0 radical (unpaired) electrons. The molecule has 0 aliphatic rings. The molecule has 0 amide bonds. The van der Waals surface area contributed by atoms with Crippen LogP contribution in [0.5, 0.6) is 11.5 Å². The van der Waals surface area contributed by atoms with Crippen LogP contribution in [-0.4, -0.2) is 13.2 Å². The molecule has 0 N–H and O–H groups in total. The Bertz CT molecular complexity index is 951. The molecule has 0 bridgehead atoms. The second kappa shape index (κ2) is 22.2. The fraction of sp³-hybridized carbons (Fsp3) is 0.556. The van der Waals surface area contributed by atoms with Gasteiger partial charge in [-0.3, -0.25) is 0 Å². The molecule has 0 atom stereocenters. The van der Waals surface area contributed by atoms with E-state index >= 15 is 0 Å². The zero-order valence-corrected chi connectivity index (χ0v) is 24.2. The summed E-state index contributed by atoms with van der Waals surface area (Å²) in [4.78, 5) is 0. The first-order valence-corrected chi connectivity index (χ1v) is 15.3. The fourth-order valence-electron chi connectivity index (χ4n) is 4.33. The molecule has 2 rings (SSSR count). The van der Waals surface area contributed by atoms with Gasteiger partial charge in [-0.2, -0.15) is 0 Å². The maximum Gasteiger partial charge on any atom is 0.119 e. The number of rotatable bonds is 20. The molecule has 0 unspecified atom stereocenters. The number of benzene rings is 2. The molecule has 0 saturated heterocycles. The van der Waals surface area contributed by atoms with E-state index in [0.29, 0.717) is 0 Å². The number of hydrogen-bond acceptors (Lipinski definition) is 2. The summed E-state index contributed by atoms with van der Waals surface area (Å²) in [6, 6.07) is 15.9. The van der Waals surface area contributed by atoms with Gasteiger partial charge in [0.25, 0.3) is 0 Å².